The molecule has 2 aromatic heterocycles. The van der Waals surface area contributed by atoms with Gasteiger partial charge in [0, 0.05) is 43.4 Å². The zero-order valence-corrected chi connectivity index (χ0v) is 12.9. The molecule has 0 aliphatic carbocycles. The molecule has 0 radical (unpaired) electrons. The largest absolute Gasteiger partial charge is 0.383 e. The maximum Gasteiger partial charge on any atom is 0.145 e. The molecule has 3 heterocycles. The second kappa shape index (κ2) is 5.61. The lowest BCUT2D eigenvalue weighted by atomic mass is 10.2. The number of aryl methyl sites for hydroxylation is 1. The maximum atomic E-state index is 6.00. The summed E-state index contributed by atoms with van der Waals surface area (Å²) in [4.78, 5) is 11.1. The van der Waals surface area contributed by atoms with E-state index in [9.17, 15) is 0 Å². The number of thioether (sulfide) groups is 1. The minimum absolute atomic E-state index is 0.587. The molecular weight excluding hydrogens is 270 g/mol. The Labute approximate surface area is 123 Å². The van der Waals surface area contributed by atoms with Crippen molar-refractivity contribution in [3.8, 4) is 0 Å². The van der Waals surface area contributed by atoms with Gasteiger partial charge in [-0.1, -0.05) is 0 Å². The molecule has 2 aromatic rings. The van der Waals surface area contributed by atoms with Gasteiger partial charge in [0.25, 0.3) is 0 Å². The minimum Gasteiger partial charge on any atom is -0.383 e. The van der Waals surface area contributed by atoms with Gasteiger partial charge in [0.1, 0.15) is 17.8 Å². The molecule has 0 bridgehead atoms. The van der Waals surface area contributed by atoms with Gasteiger partial charge in [0.15, 0.2) is 0 Å². The van der Waals surface area contributed by atoms with E-state index >= 15 is 0 Å². The number of nitrogens with zero attached hydrogens (tertiary/aromatic N) is 4. The Bertz CT molecular complexity index is 616. The molecule has 1 saturated heterocycles. The number of fused-ring (bicyclic) bond motifs is 1. The van der Waals surface area contributed by atoms with Gasteiger partial charge in [-0.2, -0.15) is 11.8 Å². The van der Waals surface area contributed by atoms with Crippen LogP contribution in [0.3, 0.4) is 0 Å². The number of hydrogen-bond acceptors (Lipinski definition) is 5. The van der Waals surface area contributed by atoms with E-state index in [1.807, 2.05) is 11.8 Å². The van der Waals surface area contributed by atoms with Gasteiger partial charge in [-0.05, 0) is 19.4 Å². The Hall–Kier alpha value is -1.27. The van der Waals surface area contributed by atoms with Gasteiger partial charge in [0.2, 0.25) is 0 Å². The fraction of sp³-hybridized carbons (Fsp3) is 0.571. The first-order valence-corrected chi connectivity index (χ1v) is 8.20. The summed E-state index contributed by atoms with van der Waals surface area (Å²) in [7, 11) is 0. The number of nitrogen functional groups attached to an aromatic ring is 1. The summed E-state index contributed by atoms with van der Waals surface area (Å²) in [6.45, 7) is 8.68. The molecule has 0 spiro atoms. The molecule has 2 N–H and O–H groups in total. The second-order valence-electron chi connectivity index (χ2n) is 5.27. The van der Waals surface area contributed by atoms with Crippen LogP contribution in [0.1, 0.15) is 11.3 Å². The minimum atomic E-state index is 0.587. The Morgan fingerprint density at radius 1 is 1.20 bits per heavy atom. The van der Waals surface area contributed by atoms with Crippen LogP contribution in [0.25, 0.3) is 11.0 Å². The molecule has 1 aliphatic rings. The quantitative estimate of drug-likeness (QED) is 0.932. The SMILES string of the molecule is Cc1c(C)n(CCN2CCSCC2)c2ncnc(N)c12. The Morgan fingerprint density at radius 3 is 2.70 bits per heavy atom. The first-order chi connectivity index (χ1) is 9.68. The van der Waals surface area contributed by atoms with Gasteiger partial charge in [-0.15, -0.1) is 0 Å². The summed E-state index contributed by atoms with van der Waals surface area (Å²) in [5, 5.41) is 1.01. The highest BCUT2D eigenvalue weighted by Gasteiger charge is 2.16. The fourth-order valence-corrected chi connectivity index (χ4v) is 3.81. The van der Waals surface area contributed by atoms with Crippen molar-refractivity contribution in [1.29, 1.82) is 0 Å². The van der Waals surface area contributed by atoms with Crippen LogP contribution >= 0.6 is 11.8 Å². The molecule has 5 nitrogen and oxygen atoms in total. The smallest absolute Gasteiger partial charge is 0.145 e. The van der Waals surface area contributed by atoms with Crippen molar-refractivity contribution in [3.05, 3.63) is 17.6 Å². The van der Waals surface area contributed by atoms with Crippen LogP contribution in [0.4, 0.5) is 5.82 Å². The van der Waals surface area contributed by atoms with Crippen molar-refractivity contribution in [3.63, 3.8) is 0 Å². The average molecular weight is 291 g/mol. The van der Waals surface area contributed by atoms with Crippen molar-refractivity contribution in [2.75, 3.05) is 36.9 Å². The standard InChI is InChI=1S/C14H21N5S/c1-10-11(2)19(4-3-18-5-7-20-8-6-18)14-12(10)13(15)16-9-17-14/h9H,3-8H2,1-2H3,(H2,15,16,17). The molecule has 0 atom stereocenters. The predicted molar refractivity (Wildman–Crippen MR) is 85.2 cm³/mol. The van der Waals surface area contributed by atoms with E-state index in [0.717, 1.165) is 24.1 Å². The van der Waals surface area contributed by atoms with Crippen LogP contribution in [0.15, 0.2) is 6.33 Å². The number of anilines is 1. The first-order valence-electron chi connectivity index (χ1n) is 7.04. The van der Waals surface area contributed by atoms with Crippen LogP contribution in [0.2, 0.25) is 0 Å². The Morgan fingerprint density at radius 2 is 1.95 bits per heavy atom. The number of aromatic nitrogens is 3. The molecule has 0 aromatic carbocycles. The van der Waals surface area contributed by atoms with Gasteiger partial charge in [-0.25, -0.2) is 9.97 Å². The van der Waals surface area contributed by atoms with Gasteiger partial charge in [-0.3, -0.25) is 4.90 Å². The Balaban J connectivity index is 1.87. The van der Waals surface area contributed by atoms with Gasteiger partial charge in [0.05, 0.1) is 5.39 Å². The zero-order valence-electron chi connectivity index (χ0n) is 12.1. The molecule has 0 saturated carbocycles. The monoisotopic (exact) mass is 291 g/mol. The number of nitrogens with two attached hydrogens (primary N) is 1. The maximum absolute atomic E-state index is 6.00. The molecular formula is C14H21N5S. The Kier molecular flexibility index (Phi) is 3.85. The first kappa shape index (κ1) is 13.7. The molecule has 20 heavy (non-hydrogen) atoms. The van der Waals surface area contributed by atoms with Crippen molar-refractivity contribution >= 4 is 28.6 Å². The number of rotatable bonds is 3. The highest BCUT2D eigenvalue weighted by Crippen LogP contribution is 2.26. The van der Waals surface area contributed by atoms with E-state index < -0.39 is 0 Å². The van der Waals surface area contributed by atoms with Crippen LogP contribution < -0.4 is 5.73 Å². The summed E-state index contributed by atoms with van der Waals surface area (Å²) >= 11 is 2.05. The molecule has 1 fully saturated rings. The van der Waals surface area contributed by atoms with E-state index in [1.165, 1.54) is 35.9 Å². The fourth-order valence-electron chi connectivity index (χ4n) is 2.84. The zero-order chi connectivity index (χ0) is 14.1. The van der Waals surface area contributed by atoms with Crippen molar-refractivity contribution in [2.24, 2.45) is 0 Å². The van der Waals surface area contributed by atoms with Gasteiger partial charge < -0.3 is 10.3 Å². The molecule has 1 aliphatic heterocycles. The molecule has 3 rings (SSSR count). The van der Waals surface area contributed by atoms with Gasteiger partial charge >= 0.3 is 0 Å². The van der Waals surface area contributed by atoms with Crippen molar-refractivity contribution in [1.82, 2.24) is 19.4 Å². The van der Waals surface area contributed by atoms with Crippen molar-refractivity contribution < 1.29 is 0 Å². The number of hydrogen-bond donors (Lipinski definition) is 1. The summed E-state index contributed by atoms with van der Waals surface area (Å²) in [5.41, 5.74) is 9.42. The third kappa shape index (κ3) is 2.38. The lowest BCUT2D eigenvalue weighted by Gasteiger charge is -2.26. The topological polar surface area (TPSA) is 60.0 Å². The molecule has 0 unspecified atom stereocenters. The van der Waals surface area contributed by atoms with E-state index in [2.05, 4.69) is 33.3 Å². The third-order valence-electron chi connectivity index (χ3n) is 4.18. The van der Waals surface area contributed by atoms with E-state index in [1.54, 1.807) is 6.33 Å². The highest BCUT2D eigenvalue weighted by molar-refractivity contribution is 7.99. The van der Waals surface area contributed by atoms with Crippen LogP contribution in [-0.2, 0) is 6.54 Å². The van der Waals surface area contributed by atoms with E-state index in [-0.39, 0.29) is 0 Å². The molecule has 108 valence electrons. The van der Waals surface area contributed by atoms with Crippen LogP contribution in [0.5, 0.6) is 0 Å². The normalized spacial score (nSPS) is 16.9. The summed E-state index contributed by atoms with van der Waals surface area (Å²) in [5.74, 6) is 3.09. The van der Waals surface area contributed by atoms with E-state index in [4.69, 9.17) is 5.73 Å². The lowest BCUT2D eigenvalue weighted by molar-refractivity contribution is 0.290. The summed E-state index contributed by atoms with van der Waals surface area (Å²) in [6.07, 6.45) is 1.56. The summed E-state index contributed by atoms with van der Waals surface area (Å²) < 4.78 is 2.28. The van der Waals surface area contributed by atoms with E-state index in [0.29, 0.717) is 5.82 Å². The van der Waals surface area contributed by atoms with Crippen LogP contribution in [0, 0.1) is 13.8 Å². The predicted octanol–water partition coefficient (Wildman–Crippen LogP) is 1.68. The lowest BCUT2D eigenvalue weighted by Crippen LogP contribution is -2.35. The van der Waals surface area contributed by atoms with Crippen LogP contribution in [-0.4, -0.2) is 50.6 Å². The average Bonchev–Trinajstić information content (AvgIpc) is 2.71. The summed E-state index contributed by atoms with van der Waals surface area (Å²) in [6, 6.07) is 0. The van der Waals surface area contributed by atoms with Crippen molar-refractivity contribution in [2.45, 2.75) is 20.4 Å². The second-order valence-corrected chi connectivity index (χ2v) is 6.50. The highest BCUT2D eigenvalue weighted by atomic mass is 32.2. The third-order valence-corrected chi connectivity index (χ3v) is 5.12. The molecule has 0 amide bonds. The molecule has 6 heteroatoms.